The van der Waals surface area contributed by atoms with Crippen molar-refractivity contribution in [1.82, 2.24) is 20.3 Å². The minimum absolute atomic E-state index is 0.0430. The molecule has 2 aromatic heterocycles. The molecule has 3 rings (SSSR count). The molecule has 2 amide bonds. The minimum Gasteiger partial charge on any atom is -0.460 e. The van der Waals surface area contributed by atoms with Gasteiger partial charge < -0.3 is 35.4 Å². The summed E-state index contributed by atoms with van der Waals surface area (Å²) in [7, 11) is 1.55. The molecule has 252 valence electrons. The lowest BCUT2D eigenvalue weighted by Crippen LogP contribution is -2.53. The predicted molar refractivity (Wildman–Crippen MR) is 166 cm³/mol. The number of amides is 2. The lowest BCUT2D eigenvalue weighted by molar-refractivity contribution is -0.158. The number of rotatable bonds is 10. The van der Waals surface area contributed by atoms with Gasteiger partial charge in [-0.1, -0.05) is 0 Å². The second-order valence-corrected chi connectivity index (χ2v) is 12.7. The van der Waals surface area contributed by atoms with Crippen molar-refractivity contribution in [2.45, 2.75) is 90.8 Å². The number of aliphatic hydroxyl groups excluding tert-OH is 1. The van der Waals surface area contributed by atoms with Crippen molar-refractivity contribution in [3.05, 3.63) is 34.0 Å². The van der Waals surface area contributed by atoms with Gasteiger partial charge in [0, 0.05) is 26.9 Å². The number of likely N-dealkylation sites (N-methyl/N-ethyl adjacent to an activating group) is 1. The summed E-state index contributed by atoms with van der Waals surface area (Å²) in [5.41, 5.74) is -2.61. The van der Waals surface area contributed by atoms with Gasteiger partial charge in [0.05, 0.1) is 11.6 Å². The third-order valence-corrected chi connectivity index (χ3v) is 6.33. The monoisotopic (exact) mass is 648 g/mol. The Morgan fingerprint density at radius 1 is 1.11 bits per heavy atom. The predicted octanol–water partition coefficient (Wildman–Crippen LogP) is 1.49. The maximum atomic E-state index is 15.1. The first kappa shape index (κ1) is 35.7. The number of nitrogens with zero attached hydrogens (tertiary/aromatic N) is 3. The van der Waals surface area contributed by atoms with Crippen LogP contribution < -0.4 is 31.7 Å². The number of aromatic amines is 1. The van der Waals surface area contributed by atoms with Crippen molar-refractivity contribution in [2.24, 2.45) is 0 Å². The Labute approximate surface area is 264 Å². The molecule has 0 fully saturated rings. The van der Waals surface area contributed by atoms with Crippen LogP contribution in [-0.4, -0.2) is 86.9 Å². The number of pyridine rings is 1. The average Bonchev–Trinajstić information content (AvgIpc) is 2.88. The van der Waals surface area contributed by atoms with E-state index in [0.29, 0.717) is 0 Å². The number of esters is 2. The SMILES string of the molecule is CC(=O)Nc1nc2c(c(=O)[nH]1)N(C)[C@H]([C@H](O)Nc1ccc(C(=O)N[C@@H](CCC(=O)OC(C)(C)C)C(=O)OC(C)(C)C)c(F)n1)CN2. The largest absolute Gasteiger partial charge is 0.460 e. The first-order valence-corrected chi connectivity index (χ1v) is 14.5. The molecular weight excluding hydrogens is 607 g/mol. The van der Waals surface area contributed by atoms with E-state index in [-0.39, 0.29) is 42.7 Å². The zero-order valence-electron chi connectivity index (χ0n) is 27.0. The molecule has 3 heterocycles. The van der Waals surface area contributed by atoms with Gasteiger partial charge in [0.2, 0.25) is 17.8 Å². The summed E-state index contributed by atoms with van der Waals surface area (Å²) >= 11 is 0. The summed E-state index contributed by atoms with van der Waals surface area (Å²) in [5, 5.41) is 21.3. The molecule has 1 aliphatic heterocycles. The van der Waals surface area contributed by atoms with Gasteiger partial charge >= 0.3 is 11.9 Å². The standard InChI is InChI=1S/C29H41FN8O8/c1-14(39)32-27-36-22-20(25(43)37-27)38(8)17(13-31-22)24(42)35-18-11-9-15(21(30)34-18)23(41)33-16(26(44)46-29(5,6)7)10-12-19(40)45-28(2,3)4/h9,11,16-17,24,42H,10,12-13H2,1-8H3,(H,33,41)(H,34,35)(H3,31,32,36,37,39,43)/t16-,17-,24-/m0/s1. The summed E-state index contributed by atoms with van der Waals surface area (Å²) in [5.74, 6) is -3.98. The number of ether oxygens (including phenoxy) is 2. The second kappa shape index (κ2) is 14.1. The number of aliphatic hydroxyl groups is 1. The number of halogens is 1. The van der Waals surface area contributed by atoms with Gasteiger partial charge in [-0.15, -0.1) is 0 Å². The molecule has 0 spiro atoms. The van der Waals surface area contributed by atoms with Crippen LogP contribution in [0.15, 0.2) is 16.9 Å². The molecule has 0 unspecified atom stereocenters. The fourth-order valence-corrected chi connectivity index (χ4v) is 4.42. The average molecular weight is 649 g/mol. The van der Waals surface area contributed by atoms with Crippen molar-refractivity contribution in [1.29, 1.82) is 0 Å². The number of hydrogen-bond donors (Lipinski definition) is 6. The Balaban J connectivity index is 1.71. The first-order chi connectivity index (χ1) is 21.2. The molecule has 3 atom stereocenters. The smallest absolute Gasteiger partial charge is 0.329 e. The summed E-state index contributed by atoms with van der Waals surface area (Å²) in [4.78, 5) is 73.9. The van der Waals surface area contributed by atoms with Gasteiger partial charge in [0.15, 0.2) is 5.82 Å². The molecule has 46 heavy (non-hydrogen) atoms. The molecule has 2 aromatic rings. The number of carbonyl (C=O) groups is 4. The molecule has 0 bridgehead atoms. The summed E-state index contributed by atoms with van der Waals surface area (Å²) < 4.78 is 25.7. The number of fused-ring (bicyclic) bond motifs is 1. The maximum absolute atomic E-state index is 15.1. The Hall–Kier alpha value is -4.80. The molecule has 0 aromatic carbocycles. The third-order valence-electron chi connectivity index (χ3n) is 6.33. The molecule has 0 saturated carbocycles. The molecule has 17 heteroatoms. The van der Waals surface area contributed by atoms with Crippen LogP contribution in [0.1, 0.15) is 71.7 Å². The number of aromatic nitrogens is 3. The number of carbonyl (C=O) groups excluding carboxylic acids is 4. The van der Waals surface area contributed by atoms with Crippen LogP contribution >= 0.6 is 0 Å². The number of nitrogens with one attached hydrogen (secondary N) is 5. The maximum Gasteiger partial charge on any atom is 0.329 e. The van der Waals surface area contributed by atoms with Crippen molar-refractivity contribution < 1.29 is 38.1 Å². The van der Waals surface area contributed by atoms with E-state index in [1.54, 1.807) is 48.6 Å². The normalized spacial score (nSPS) is 15.9. The Morgan fingerprint density at radius 2 is 1.76 bits per heavy atom. The van der Waals surface area contributed by atoms with E-state index in [4.69, 9.17) is 9.47 Å². The lowest BCUT2D eigenvalue weighted by atomic mass is 10.1. The van der Waals surface area contributed by atoms with E-state index in [1.165, 1.54) is 17.9 Å². The molecule has 1 aliphatic rings. The Bertz CT molecular complexity index is 1530. The van der Waals surface area contributed by atoms with Gasteiger partial charge in [0.25, 0.3) is 11.5 Å². The van der Waals surface area contributed by atoms with E-state index in [9.17, 15) is 29.1 Å². The molecule has 6 N–H and O–H groups in total. The fourth-order valence-electron chi connectivity index (χ4n) is 4.42. The highest BCUT2D eigenvalue weighted by atomic mass is 19.1. The van der Waals surface area contributed by atoms with Crippen LogP contribution in [0.3, 0.4) is 0 Å². The van der Waals surface area contributed by atoms with Crippen LogP contribution in [0.4, 0.5) is 27.7 Å². The zero-order valence-corrected chi connectivity index (χ0v) is 27.0. The highest BCUT2D eigenvalue weighted by Crippen LogP contribution is 2.27. The second-order valence-electron chi connectivity index (χ2n) is 12.7. The molecule has 0 aliphatic carbocycles. The lowest BCUT2D eigenvalue weighted by Gasteiger charge is -2.38. The zero-order chi connectivity index (χ0) is 34.6. The topological polar surface area (TPSA) is 217 Å². The van der Waals surface area contributed by atoms with Crippen molar-refractivity contribution in [2.75, 3.05) is 34.4 Å². The van der Waals surface area contributed by atoms with Crippen LogP contribution in [0.25, 0.3) is 0 Å². The first-order valence-electron chi connectivity index (χ1n) is 14.5. The summed E-state index contributed by atoms with van der Waals surface area (Å²) in [6.45, 7) is 11.4. The summed E-state index contributed by atoms with van der Waals surface area (Å²) in [6.07, 6.45) is -1.75. The van der Waals surface area contributed by atoms with E-state index >= 15 is 4.39 Å². The fraction of sp³-hybridized carbons (Fsp3) is 0.552. The van der Waals surface area contributed by atoms with Crippen LogP contribution in [-0.2, 0) is 23.9 Å². The van der Waals surface area contributed by atoms with Gasteiger partial charge in [0.1, 0.15) is 35.0 Å². The van der Waals surface area contributed by atoms with E-state index in [0.717, 1.165) is 6.07 Å². The van der Waals surface area contributed by atoms with Gasteiger partial charge in [-0.05, 0) is 60.1 Å². The molecule has 0 radical (unpaired) electrons. The van der Waals surface area contributed by atoms with E-state index in [1.807, 2.05) is 0 Å². The molecule has 0 saturated heterocycles. The van der Waals surface area contributed by atoms with Crippen LogP contribution in [0.5, 0.6) is 0 Å². The van der Waals surface area contributed by atoms with Gasteiger partial charge in [-0.25, -0.2) is 9.78 Å². The van der Waals surface area contributed by atoms with Crippen molar-refractivity contribution in [3.63, 3.8) is 0 Å². The summed E-state index contributed by atoms with van der Waals surface area (Å²) in [6, 6.07) is 0.322. The molecule has 16 nitrogen and oxygen atoms in total. The highest BCUT2D eigenvalue weighted by Gasteiger charge is 2.33. The van der Waals surface area contributed by atoms with Crippen LogP contribution in [0, 0.1) is 5.95 Å². The quantitative estimate of drug-likeness (QED) is 0.122. The number of anilines is 4. The van der Waals surface area contributed by atoms with Crippen molar-refractivity contribution in [3.8, 4) is 0 Å². The Kier molecular flexibility index (Phi) is 10.9. The Morgan fingerprint density at radius 3 is 2.35 bits per heavy atom. The van der Waals surface area contributed by atoms with Gasteiger partial charge in [-0.3, -0.25) is 29.5 Å². The van der Waals surface area contributed by atoms with Crippen LogP contribution in [0.2, 0.25) is 0 Å². The number of H-pyrrole nitrogens is 1. The van der Waals surface area contributed by atoms with Crippen molar-refractivity contribution >= 4 is 47.0 Å². The minimum atomic E-state index is -1.38. The molecular formula is C29H41FN8O8. The van der Waals surface area contributed by atoms with Gasteiger partial charge in [-0.2, -0.15) is 9.37 Å². The highest BCUT2D eigenvalue weighted by molar-refractivity contribution is 5.97. The third kappa shape index (κ3) is 9.85. The van der Waals surface area contributed by atoms with E-state index < -0.39 is 70.3 Å². The van der Waals surface area contributed by atoms with E-state index in [2.05, 4.69) is 36.2 Å². The number of hydrogen-bond acceptors (Lipinski definition) is 13.